The van der Waals surface area contributed by atoms with Gasteiger partial charge in [-0.05, 0) is 37.1 Å². The van der Waals surface area contributed by atoms with Crippen molar-refractivity contribution in [1.82, 2.24) is 4.57 Å². The van der Waals surface area contributed by atoms with Gasteiger partial charge in [0.15, 0.2) is 4.80 Å². The zero-order chi connectivity index (χ0) is 18.8. The maximum absolute atomic E-state index is 12.5. The number of thiazole rings is 1. The average Bonchev–Trinajstić information content (AvgIpc) is 2.92. The van der Waals surface area contributed by atoms with Gasteiger partial charge in [-0.25, -0.2) is 0 Å². The molecule has 0 fully saturated rings. The standard InChI is InChI=1S/C20H22N2O3S/c1-12-8-13(2)19-16(9-12)22(3)20(26-19)21-18(23)10-14-6-7-15(24-4)11-17(14)25-5/h6-9,11H,10H2,1-5H3. The zero-order valence-corrected chi connectivity index (χ0v) is 16.4. The second-order valence-corrected chi connectivity index (χ2v) is 7.21. The van der Waals surface area contributed by atoms with Gasteiger partial charge in [-0.15, -0.1) is 0 Å². The third kappa shape index (κ3) is 3.51. The van der Waals surface area contributed by atoms with Crippen LogP contribution >= 0.6 is 11.3 Å². The van der Waals surface area contributed by atoms with E-state index in [-0.39, 0.29) is 12.3 Å². The molecule has 2 aromatic carbocycles. The molecule has 1 aromatic heterocycles. The van der Waals surface area contributed by atoms with Crippen molar-refractivity contribution < 1.29 is 14.3 Å². The van der Waals surface area contributed by atoms with Gasteiger partial charge in [0.1, 0.15) is 11.5 Å². The number of nitrogens with zero attached hydrogens (tertiary/aromatic N) is 2. The minimum Gasteiger partial charge on any atom is -0.497 e. The van der Waals surface area contributed by atoms with Crippen LogP contribution in [0.15, 0.2) is 35.3 Å². The largest absolute Gasteiger partial charge is 0.497 e. The number of aryl methyl sites for hydroxylation is 3. The van der Waals surface area contributed by atoms with Gasteiger partial charge in [-0.2, -0.15) is 4.99 Å². The number of benzene rings is 2. The fraction of sp³-hybridized carbons (Fsp3) is 0.300. The quantitative estimate of drug-likeness (QED) is 0.706. The molecule has 0 aliphatic heterocycles. The lowest BCUT2D eigenvalue weighted by Crippen LogP contribution is -2.14. The molecule has 0 aliphatic rings. The molecule has 1 heterocycles. The van der Waals surface area contributed by atoms with E-state index in [9.17, 15) is 4.79 Å². The maximum Gasteiger partial charge on any atom is 0.252 e. The van der Waals surface area contributed by atoms with Gasteiger partial charge in [-0.1, -0.05) is 23.5 Å². The number of amides is 1. The smallest absolute Gasteiger partial charge is 0.252 e. The summed E-state index contributed by atoms with van der Waals surface area (Å²) in [7, 11) is 5.12. The predicted octanol–water partition coefficient (Wildman–Crippen LogP) is 3.54. The number of ether oxygens (including phenoxy) is 2. The molecular formula is C20H22N2O3S. The molecule has 0 bridgehead atoms. The Morgan fingerprint density at radius 3 is 2.62 bits per heavy atom. The number of fused-ring (bicyclic) bond motifs is 1. The summed E-state index contributed by atoms with van der Waals surface area (Å²) >= 11 is 1.54. The summed E-state index contributed by atoms with van der Waals surface area (Å²) in [6, 6.07) is 9.69. The van der Waals surface area contributed by atoms with E-state index in [0.717, 1.165) is 15.8 Å². The van der Waals surface area contributed by atoms with Gasteiger partial charge in [-0.3, -0.25) is 4.79 Å². The van der Waals surface area contributed by atoms with Crippen LogP contribution in [0, 0.1) is 13.8 Å². The van der Waals surface area contributed by atoms with Crippen LogP contribution in [-0.2, 0) is 18.3 Å². The molecule has 0 aliphatic carbocycles. The van der Waals surface area contributed by atoms with E-state index in [1.54, 1.807) is 20.3 Å². The number of methoxy groups -OCH3 is 2. The SMILES string of the molecule is COc1ccc(CC(=O)N=c2sc3c(C)cc(C)cc3n2C)c(OC)c1. The van der Waals surface area contributed by atoms with Gasteiger partial charge in [0, 0.05) is 18.7 Å². The van der Waals surface area contributed by atoms with E-state index >= 15 is 0 Å². The molecule has 26 heavy (non-hydrogen) atoms. The Hall–Kier alpha value is -2.60. The van der Waals surface area contributed by atoms with Crippen LogP contribution in [-0.4, -0.2) is 24.7 Å². The summed E-state index contributed by atoms with van der Waals surface area (Å²) in [6.07, 6.45) is 0.180. The van der Waals surface area contributed by atoms with E-state index < -0.39 is 0 Å². The summed E-state index contributed by atoms with van der Waals surface area (Å²) in [4.78, 5) is 17.6. The molecule has 3 rings (SSSR count). The summed E-state index contributed by atoms with van der Waals surface area (Å²) in [6.45, 7) is 4.15. The molecule has 0 atom stereocenters. The van der Waals surface area contributed by atoms with Crippen LogP contribution in [0.2, 0.25) is 0 Å². The first kappa shape index (κ1) is 18.2. The van der Waals surface area contributed by atoms with Crippen LogP contribution in [0.5, 0.6) is 11.5 Å². The highest BCUT2D eigenvalue weighted by Gasteiger charge is 2.11. The number of hydrogen-bond acceptors (Lipinski definition) is 4. The fourth-order valence-corrected chi connectivity index (χ4v) is 4.07. The number of rotatable bonds is 4. The first-order chi connectivity index (χ1) is 12.4. The lowest BCUT2D eigenvalue weighted by Gasteiger charge is -2.08. The van der Waals surface area contributed by atoms with Gasteiger partial charge < -0.3 is 14.0 Å². The average molecular weight is 370 g/mol. The van der Waals surface area contributed by atoms with Gasteiger partial charge in [0.05, 0.1) is 30.9 Å². The third-order valence-corrected chi connectivity index (χ3v) is 5.58. The number of aromatic nitrogens is 1. The number of carbonyl (C=O) groups excluding carboxylic acids is 1. The summed E-state index contributed by atoms with van der Waals surface area (Å²) < 4.78 is 13.7. The van der Waals surface area contributed by atoms with Crippen molar-refractivity contribution in [2.45, 2.75) is 20.3 Å². The highest BCUT2D eigenvalue weighted by atomic mass is 32.1. The first-order valence-corrected chi connectivity index (χ1v) is 9.10. The lowest BCUT2D eigenvalue weighted by molar-refractivity contribution is -0.117. The Labute approximate surface area is 156 Å². The van der Waals surface area contributed by atoms with Gasteiger partial charge in [0.25, 0.3) is 5.91 Å². The molecular weight excluding hydrogens is 348 g/mol. The molecule has 136 valence electrons. The predicted molar refractivity (Wildman–Crippen MR) is 104 cm³/mol. The van der Waals surface area contributed by atoms with Crippen LogP contribution in [0.25, 0.3) is 10.2 Å². The monoisotopic (exact) mass is 370 g/mol. The molecule has 6 heteroatoms. The minimum atomic E-state index is -0.204. The summed E-state index contributed by atoms with van der Waals surface area (Å²) in [5, 5.41) is 0. The second-order valence-electron chi connectivity index (χ2n) is 6.23. The molecule has 0 saturated carbocycles. The Balaban J connectivity index is 1.96. The molecule has 0 spiro atoms. The fourth-order valence-electron chi connectivity index (χ4n) is 2.98. The van der Waals surface area contributed by atoms with E-state index in [1.165, 1.54) is 22.5 Å². The van der Waals surface area contributed by atoms with Crippen molar-refractivity contribution in [2.75, 3.05) is 14.2 Å². The maximum atomic E-state index is 12.5. The van der Waals surface area contributed by atoms with Gasteiger partial charge in [0.2, 0.25) is 0 Å². The van der Waals surface area contributed by atoms with Crippen molar-refractivity contribution >= 4 is 27.5 Å². The van der Waals surface area contributed by atoms with Crippen LogP contribution in [0.1, 0.15) is 16.7 Å². The van der Waals surface area contributed by atoms with Gasteiger partial charge >= 0.3 is 0 Å². The topological polar surface area (TPSA) is 52.8 Å². The third-order valence-electron chi connectivity index (χ3n) is 4.30. The van der Waals surface area contributed by atoms with Crippen molar-refractivity contribution in [2.24, 2.45) is 12.0 Å². The van der Waals surface area contributed by atoms with E-state index in [0.29, 0.717) is 16.3 Å². The van der Waals surface area contributed by atoms with Crippen LogP contribution in [0.3, 0.4) is 0 Å². The van der Waals surface area contributed by atoms with Crippen LogP contribution in [0.4, 0.5) is 0 Å². The lowest BCUT2D eigenvalue weighted by atomic mass is 10.1. The Bertz CT molecular complexity index is 1050. The summed E-state index contributed by atoms with van der Waals surface area (Å²) in [5.41, 5.74) is 4.29. The first-order valence-electron chi connectivity index (χ1n) is 8.28. The molecule has 3 aromatic rings. The highest BCUT2D eigenvalue weighted by molar-refractivity contribution is 7.16. The molecule has 0 saturated heterocycles. The van der Waals surface area contributed by atoms with E-state index in [1.807, 2.05) is 23.7 Å². The number of hydrogen-bond donors (Lipinski definition) is 0. The molecule has 5 nitrogen and oxygen atoms in total. The minimum absolute atomic E-state index is 0.180. The van der Waals surface area contributed by atoms with E-state index in [2.05, 4.69) is 31.0 Å². The Kier molecular flexibility index (Phi) is 5.13. The van der Waals surface area contributed by atoms with E-state index in [4.69, 9.17) is 9.47 Å². The van der Waals surface area contributed by atoms with Crippen molar-refractivity contribution in [3.63, 3.8) is 0 Å². The van der Waals surface area contributed by atoms with Crippen molar-refractivity contribution in [3.8, 4) is 11.5 Å². The molecule has 0 unspecified atom stereocenters. The Morgan fingerprint density at radius 2 is 1.92 bits per heavy atom. The van der Waals surface area contributed by atoms with Crippen molar-refractivity contribution in [3.05, 3.63) is 51.8 Å². The normalized spacial score (nSPS) is 11.8. The molecule has 0 N–H and O–H groups in total. The molecule has 1 amide bonds. The molecule has 0 radical (unpaired) electrons. The van der Waals surface area contributed by atoms with Crippen LogP contribution < -0.4 is 14.3 Å². The van der Waals surface area contributed by atoms with Crippen molar-refractivity contribution in [1.29, 1.82) is 0 Å². The highest BCUT2D eigenvalue weighted by Crippen LogP contribution is 2.25. The number of carbonyl (C=O) groups is 1. The Morgan fingerprint density at radius 1 is 1.15 bits per heavy atom. The second kappa shape index (κ2) is 7.33. The summed E-state index contributed by atoms with van der Waals surface area (Å²) in [5.74, 6) is 1.11. The zero-order valence-electron chi connectivity index (χ0n) is 15.6.